The Hall–Kier alpha value is -0.860. The first-order valence-electron chi connectivity index (χ1n) is 7.04. The van der Waals surface area contributed by atoms with Crippen LogP contribution < -0.4 is 5.73 Å². The zero-order chi connectivity index (χ0) is 13.6. The molecular weight excluding hydrogens is 222 g/mol. The van der Waals surface area contributed by atoms with E-state index >= 15 is 0 Å². The van der Waals surface area contributed by atoms with E-state index < -0.39 is 0 Å². The molecule has 0 aliphatic carbocycles. The smallest absolute Gasteiger partial charge is 0.0440 e. The summed E-state index contributed by atoms with van der Waals surface area (Å²) >= 11 is 0. The average molecular weight is 249 g/mol. The molecule has 3 N–H and O–H groups in total. The van der Waals surface area contributed by atoms with Crippen LogP contribution in [-0.4, -0.2) is 17.8 Å². The molecule has 102 valence electrons. The first-order valence-corrected chi connectivity index (χ1v) is 7.04. The Morgan fingerprint density at radius 3 is 2.28 bits per heavy atom. The molecule has 0 saturated carbocycles. The minimum absolute atomic E-state index is 0.0849. The summed E-state index contributed by atoms with van der Waals surface area (Å²) in [4.78, 5) is 0. The van der Waals surface area contributed by atoms with Gasteiger partial charge in [-0.1, -0.05) is 51.5 Å². The Morgan fingerprint density at radius 1 is 1.22 bits per heavy atom. The molecular formula is C16H27NO. The van der Waals surface area contributed by atoms with Gasteiger partial charge in [-0.2, -0.15) is 0 Å². The highest BCUT2D eigenvalue weighted by molar-refractivity contribution is 5.30. The van der Waals surface area contributed by atoms with Crippen molar-refractivity contribution in [2.45, 2.75) is 57.9 Å². The van der Waals surface area contributed by atoms with Gasteiger partial charge in [-0.05, 0) is 30.4 Å². The Morgan fingerprint density at radius 2 is 1.83 bits per heavy atom. The molecule has 0 bridgehead atoms. The van der Waals surface area contributed by atoms with Gasteiger partial charge in [-0.3, -0.25) is 0 Å². The fourth-order valence-corrected chi connectivity index (χ4v) is 2.57. The topological polar surface area (TPSA) is 46.2 Å². The lowest BCUT2D eigenvalue weighted by Gasteiger charge is -2.35. The van der Waals surface area contributed by atoms with Crippen molar-refractivity contribution >= 4 is 0 Å². The fourth-order valence-electron chi connectivity index (χ4n) is 2.57. The lowest BCUT2D eigenvalue weighted by molar-refractivity contribution is 0.223. The maximum atomic E-state index is 9.29. The molecule has 0 aliphatic rings. The van der Waals surface area contributed by atoms with E-state index in [1.54, 1.807) is 0 Å². The van der Waals surface area contributed by atoms with Crippen LogP contribution in [0.2, 0.25) is 0 Å². The third kappa shape index (κ3) is 3.33. The molecule has 1 aromatic carbocycles. The van der Waals surface area contributed by atoms with Crippen molar-refractivity contribution in [3.63, 3.8) is 0 Å². The van der Waals surface area contributed by atoms with Crippen molar-refractivity contribution in [3.05, 3.63) is 35.4 Å². The summed E-state index contributed by atoms with van der Waals surface area (Å²) in [6.45, 7) is 6.63. The van der Waals surface area contributed by atoms with E-state index in [0.29, 0.717) is 0 Å². The van der Waals surface area contributed by atoms with Crippen molar-refractivity contribution in [3.8, 4) is 0 Å². The maximum absolute atomic E-state index is 9.29. The number of aliphatic hydroxyl groups is 1. The van der Waals surface area contributed by atoms with Gasteiger partial charge in [0.25, 0.3) is 0 Å². The SMILES string of the molecule is CCCc1ccc(C(C)(CCO)C(N)CC)cc1. The van der Waals surface area contributed by atoms with E-state index in [9.17, 15) is 5.11 Å². The van der Waals surface area contributed by atoms with Crippen molar-refractivity contribution in [1.82, 2.24) is 0 Å². The summed E-state index contributed by atoms with van der Waals surface area (Å²) in [6.07, 6.45) is 3.93. The molecule has 0 spiro atoms. The lowest BCUT2D eigenvalue weighted by Crippen LogP contribution is -2.43. The van der Waals surface area contributed by atoms with Crippen LogP contribution in [0.1, 0.15) is 51.2 Å². The van der Waals surface area contributed by atoms with Gasteiger partial charge in [0.1, 0.15) is 0 Å². The lowest BCUT2D eigenvalue weighted by atomic mass is 9.73. The Kier molecular flexibility index (Phi) is 5.83. The average Bonchev–Trinajstić information content (AvgIpc) is 2.39. The summed E-state index contributed by atoms with van der Waals surface area (Å²) in [5.41, 5.74) is 8.74. The number of hydrogen-bond acceptors (Lipinski definition) is 2. The first-order chi connectivity index (χ1) is 8.58. The van der Waals surface area contributed by atoms with Gasteiger partial charge in [-0.25, -0.2) is 0 Å². The van der Waals surface area contributed by atoms with Crippen molar-refractivity contribution in [1.29, 1.82) is 0 Å². The van der Waals surface area contributed by atoms with E-state index in [0.717, 1.165) is 19.3 Å². The second-order valence-corrected chi connectivity index (χ2v) is 5.35. The highest BCUT2D eigenvalue weighted by Gasteiger charge is 2.31. The largest absolute Gasteiger partial charge is 0.396 e. The van der Waals surface area contributed by atoms with Gasteiger partial charge in [0.05, 0.1) is 0 Å². The van der Waals surface area contributed by atoms with Gasteiger partial charge >= 0.3 is 0 Å². The van der Waals surface area contributed by atoms with Gasteiger partial charge in [0, 0.05) is 18.1 Å². The van der Waals surface area contributed by atoms with Crippen LogP contribution in [0.3, 0.4) is 0 Å². The number of aliphatic hydroxyl groups excluding tert-OH is 1. The molecule has 0 heterocycles. The van der Waals surface area contributed by atoms with Crippen LogP contribution in [0.15, 0.2) is 24.3 Å². The van der Waals surface area contributed by atoms with E-state index in [2.05, 4.69) is 45.0 Å². The molecule has 2 atom stereocenters. The minimum atomic E-state index is -0.131. The molecule has 0 fully saturated rings. The molecule has 0 radical (unpaired) electrons. The van der Waals surface area contributed by atoms with Crippen molar-refractivity contribution in [2.24, 2.45) is 5.73 Å². The van der Waals surface area contributed by atoms with Gasteiger partial charge < -0.3 is 10.8 Å². The monoisotopic (exact) mass is 249 g/mol. The zero-order valence-electron chi connectivity index (χ0n) is 11.9. The van der Waals surface area contributed by atoms with Crippen LogP contribution in [0.5, 0.6) is 0 Å². The molecule has 2 unspecified atom stereocenters. The Labute approximate surface area is 111 Å². The molecule has 2 nitrogen and oxygen atoms in total. The Bertz CT molecular complexity index is 347. The predicted molar refractivity (Wildman–Crippen MR) is 77.8 cm³/mol. The van der Waals surface area contributed by atoms with E-state index in [4.69, 9.17) is 5.73 Å². The van der Waals surface area contributed by atoms with E-state index in [-0.39, 0.29) is 18.1 Å². The van der Waals surface area contributed by atoms with Gasteiger partial charge in [0.2, 0.25) is 0 Å². The second kappa shape index (κ2) is 6.91. The van der Waals surface area contributed by atoms with Crippen LogP contribution in [0.4, 0.5) is 0 Å². The fraction of sp³-hybridized carbons (Fsp3) is 0.625. The third-order valence-corrected chi connectivity index (χ3v) is 4.04. The normalized spacial score (nSPS) is 16.3. The summed E-state index contributed by atoms with van der Waals surface area (Å²) in [5.74, 6) is 0. The summed E-state index contributed by atoms with van der Waals surface area (Å²) < 4.78 is 0. The molecule has 0 amide bonds. The molecule has 1 rings (SSSR count). The van der Waals surface area contributed by atoms with Crippen LogP contribution in [0, 0.1) is 0 Å². The standard InChI is InChI=1S/C16H27NO/c1-4-6-13-7-9-14(10-8-13)16(3,11-12-18)15(17)5-2/h7-10,15,18H,4-6,11-12,17H2,1-3H3. The molecule has 0 aromatic heterocycles. The van der Waals surface area contributed by atoms with Gasteiger partial charge in [0.15, 0.2) is 0 Å². The van der Waals surface area contributed by atoms with E-state index in [1.807, 2.05) is 0 Å². The van der Waals surface area contributed by atoms with Crippen LogP contribution in [-0.2, 0) is 11.8 Å². The second-order valence-electron chi connectivity index (χ2n) is 5.35. The molecule has 2 heteroatoms. The third-order valence-electron chi connectivity index (χ3n) is 4.04. The number of nitrogens with two attached hydrogens (primary N) is 1. The summed E-state index contributed by atoms with van der Waals surface area (Å²) in [7, 11) is 0. The van der Waals surface area contributed by atoms with Crippen molar-refractivity contribution in [2.75, 3.05) is 6.61 Å². The van der Waals surface area contributed by atoms with Crippen LogP contribution >= 0.6 is 0 Å². The molecule has 1 aromatic rings. The quantitative estimate of drug-likeness (QED) is 0.780. The first kappa shape index (κ1) is 15.2. The van der Waals surface area contributed by atoms with Crippen molar-refractivity contribution < 1.29 is 5.11 Å². The minimum Gasteiger partial charge on any atom is -0.396 e. The summed E-state index contributed by atoms with van der Waals surface area (Å²) in [5, 5.41) is 9.29. The number of hydrogen-bond donors (Lipinski definition) is 2. The molecule has 0 saturated heterocycles. The molecule has 18 heavy (non-hydrogen) atoms. The van der Waals surface area contributed by atoms with E-state index in [1.165, 1.54) is 17.5 Å². The number of rotatable bonds is 7. The molecule has 0 aliphatic heterocycles. The Balaban J connectivity index is 2.98. The number of benzene rings is 1. The van der Waals surface area contributed by atoms with Gasteiger partial charge in [-0.15, -0.1) is 0 Å². The number of aryl methyl sites for hydroxylation is 1. The predicted octanol–water partition coefficient (Wildman–Crippen LogP) is 3.02. The van der Waals surface area contributed by atoms with Crippen LogP contribution in [0.25, 0.3) is 0 Å². The summed E-state index contributed by atoms with van der Waals surface area (Å²) in [6, 6.07) is 8.82. The highest BCUT2D eigenvalue weighted by atomic mass is 16.3. The highest BCUT2D eigenvalue weighted by Crippen LogP contribution is 2.32. The maximum Gasteiger partial charge on any atom is 0.0440 e. The zero-order valence-corrected chi connectivity index (χ0v) is 11.9.